The van der Waals surface area contributed by atoms with E-state index in [2.05, 4.69) is 4.90 Å². The number of likely N-dealkylation sites (tertiary alicyclic amines) is 1. The van der Waals surface area contributed by atoms with Crippen LogP contribution in [-0.2, 0) is 4.74 Å². The summed E-state index contributed by atoms with van der Waals surface area (Å²) in [6.45, 7) is 4.02. The standard InChI is InChI=1S/C7H14N2O/c8-6-3-9(4-6)7-1-2-10-5-7/h6-7H,1-5,8H2/t7-/m0/s1. The smallest absolute Gasteiger partial charge is 0.0622 e. The molecule has 0 radical (unpaired) electrons. The second-order valence-corrected chi connectivity index (χ2v) is 3.23. The van der Waals surface area contributed by atoms with Crippen molar-refractivity contribution >= 4 is 0 Å². The molecule has 3 nitrogen and oxygen atoms in total. The topological polar surface area (TPSA) is 38.5 Å². The van der Waals surface area contributed by atoms with E-state index in [1.807, 2.05) is 0 Å². The van der Waals surface area contributed by atoms with Gasteiger partial charge in [0.1, 0.15) is 0 Å². The number of ether oxygens (including phenoxy) is 1. The lowest BCUT2D eigenvalue weighted by molar-refractivity contribution is 0.0798. The van der Waals surface area contributed by atoms with Crippen molar-refractivity contribution < 1.29 is 4.74 Å². The van der Waals surface area contributed by atoms with Gasteiger partial charge >= 0.3 is 0 Å². The highest BCUT2D eigenvalue weighted by Crippen LogP contribution is 2.17. The van der Waals surface area contributed by atoms with Crippen LogP contribution in [0.15, 0.2) is 0 Å². The van der Waals surface area contributed by atoms with Gasteiger partial charge in [-0.2, -0.15) is 0 Å². The number of hydrogen-bond donors (Lipinski definition) is 1. The SMILES string of the molecule is NC1CN([C@H]2CCOC2)C1. The molecule has 2 aliphatic rings. The van der Waals surface area contributed by atoms with Gasteiger partial charge in [0, 0.05) is 31.8 Å². The van der Waals surface area contributed by atoms with Gasteiger partial charge in [-0.25, -0.2) is 0 Å². The Bertz CT molecular complexity index is 117. The highest BCUT2D eigenvalue weighted by molar-refractivity contribution is 4.89. The molecule has 2 rings (SSSR count). The summed E-state index contributed by atoms with van der Waals surface area (Å²) in [5, 5.41) is 0. The molecule has 2 saturated heterocycles. The van der Waals surface area contributed by atoms with Crippen molar-refractivity contribution in [3.63, 3.8) is 0 Å². The zero-order valence-electron chi connectivity index (χ0n) is 6.12. The van der Waals surface area contributed by atoms with E-state index in [0.717, 1.165) is 26.3 Å². The first-order valence-electron chi connectivity index (χ1n) is 3.93. The molecule has 0 spiro atoms. The first kappa shape index (κ1) is 6.58. The maximum Gasteiger partial charge on any atom is 0.0622 e. The monoisotopic (exact) mass is 142 g/mol. The molecular weight excluding hydrogens is 128 g/mol. The number of nitrogens with zero attached hydrogens (tertiary/aromatic N) is 1. The molecule has 2 N–H and O–H groups in total. The van der Waals surface area contributed by atoms with Crippen molar-refractivity contribution in [2.45, 2.75) is 18.5 Å². The molecule has 10 heavy (non-hydrogen) atoms. The van der Waals surface area contributed by atoms with Gasteiger partial charge in [-0.3, -0.25) is 4.90 Å². The fraction of sp³-hybridized carbons (Fsp3) is 1.00. The van der Waals surface area contributed by atoms with Gasteiger partial charge < -0.3 is 10.5 Å². The fourth-order valence-corrected chi connectivity index (χ4v) is 1.66. The Labute approximate surface area is 61.1 Å². The van der Waals surface area contributed by atoms with Crippen molar-refractivity contribution in [2.75, 3.05) is 26.3 Å². The lowest BCUT2D eigenvalue weighted by Gasteiger charge is -2.40. The van der Waals surface area contributed by atoms with Crippen molar-refractivity contribution in [1.82, 2.24) is 4.90 Å². The first-order valence-corrected chi connectivity index (χ1v) is 3.93. The van der Waals surface area contributed by atoms with Crippen LogP contribution in [0.3, 0.4) is 0 Å². The van der Waals surface area contributed by atoms with Gasteiger partial charge in [-0.15, -0.1) is 0 Å². The zero-order valence-corrected chi connectivity index (χ0v) is 6.12. The van der Waals surface area contributed by atoms with Gasteiger partial charge in [0.05, 0.1) is 6.61 Å². The van der Waals surface area contributed by atoms with Crippen LogP contribution in [0.2, 0.25) is 0 Å². The summed E-state index contributed by atoms with van der Waals surface area (Å²) < 4.78 is 5.27. The Morgan fingerprint density at radius 3 is 2.70 bits per heavy atom. The maximum atomic E-state index is 5.65. The fourth-order valence-electron chi connectivity index (χ4n) is 1.66. The highest BCUT2D eigenvalue weighted by Gasteiger charge is 2.31. The number of nitrogens with two attached hydrogens (primary N) is 1. The molecule has 1 atom stereocenters. The Hall–Kier alpha value is -0.120. The summed E-state index contributed by atoms with van der Waals surface area (Å²) in [6, 6.07) is 1.11. The van der Waals surface area contributed by atoms with Gasteiger partial charge in [0.2, 0.25) is 0 Å². The quantitative estimate of drug-likeness (QED) is 0.532. The molecule has 0 saturated carbocycles. The third-order valence-electron chi connectivity index (χ3n) is 2.36. The summed E-state index contributed by atoms with van der Waals surface area (Å²) in [5.74, 6) is 0. The second kappa shape index (κ2) is 2.49. The van der Waals surface area contributed by atoms with E-state index >= 15 is 0 Å². The molecule has 58 valence electrons. The van der Waals surface area contributed by atoms with Crippen LogP contribution < -0.4 is 5.73 Å². The summed E-state index contributed by atoms with van der Waals surface area (Å²) >= 11 is 0. The van der Waals surface area contributed by atoms with E-state index in [-0.39, 0.29) is 0 Å². The van der Waals surface area contributed by atoms with Gasteiger partial charge in [-0.1, -0.05) is 0 Å². The van der Waals surface area contributed by atoms with Crippen LogP contribution >= 0.6 is 0 Å². The third-order valence-corrected chi connectivity index (χ3v) is 2.36. The number of hydrogen-bond acceptors (Lipinski definition) is 3. The van der Waals surface area contributed by atoms with Crippen LogP contribution in [0.4, 0.5) is 0 Å². The normalized spacial score (nSPS) is 36.3. The largest absolute Gasteiger partial charge is 0.380 e. The van der Waals surface area contributed by atoms with Gasteiger partial charge in [0.25, 0.3) is 0 Å². The molecule has 2 heterocycles. The molecule has 0 unspecified atom stereocenters. The van der Waals surface area contributed by atoms with Crippen molar-refractivity contribution in [2.24, 2.45) is 5.73 Å². The minimum absolute atomic E-state index is 0.431. The molecule has 0 aromatic carbocycles. The van der Waals surface area contributed by atoms with E-state index in [0.29, 0.717) is 12.1 Å². The van der Waals surface area contributed by atoms with E-state index in [1.54, 1.807) is 0 Å². The van der Waals surface area contributed by atoms with E-state index < -0.39 is 0 Å². The van der Waals surface area contributed by atoms with E-state index in [1.165, 1.54) is 6.42 Å². The molecule has 0 aromatic rings. The van der Waals surface area contributed by atoms with Crippen LogP contribution in [0, 0.1) is 0 Å². The molecule has 0 aliphatic carbocycles. The zero-order chi connectivity index (χ0) is 6.97. The predicted molar refractivity (Wildman–Crippen MR) is 38.8 cm³/mol. The Morgan fingerprint density at radius 1 is 1.40 bits per heavy atom. The van der Waals surface area contributed by atoms with Crippen LogP contribution in [-0.4, -0.2) is 43.3 Å². The van der Waals surface area contributed by atoms with Gasteiger partial charge in [0.15, 0.2) is 0 Å². The Balaban J connectivity index is 1.78. The molecule has 0 bridgehead atoms. The summed E-state index contributed by atoms with van der Waals surface area (Å²) in [5.41, 5.74) is 5.65. The maximum absolute atomic E-state index is 5.65. The molecule has 2 aliphatic heterocycles. The van der Waals surface area contributed by atoms with E-state index in [9.17, 15) is 0 Å². The number of rotatable bonds is 1. The second-order valence-electron chi connectivity index (χ2n) is 3.23. The Morgan fingerprint density at radius 2 is 2.20 bits per heavy atom. The molecule has 2 fully saturated rings. The first-order chi connectivity index (χ1) is 4.86. The van der Waals surface area contributed by atoms with Crippen LogP contribution in [0.1, 0.15) is 6.42 Å². The summed E-state index contributed by atoms with van der Waals surface area (Å²) in [6.07, 6.45) is 1.20. The van der Waals surface area contributed by atoms with Gasteiger partial charge in [-0.05, 0) is 6.42 Å². The van der Waals surface area contributed by atoms with E-state index in [4.69, 9.17) is 10.5 Å². The van der Waals surface area contributed by atoms with Crippen molar-refractivity contribution in [1.29, 1.82) is 0 Å². The molecule has 0 aromatic heterocycles. The van der Waals surface area contributed by atoms with Crippen LogP contribution in [0.25, 0.3) is 0 Å². The Kier molecular flexibility index (Phi) is 1.64. The van der Waals surface area contributed by atoms with Crippen LogP contribution in [0.5, 0.6) is 0 Å². The lowest BCUT2D eigenvalue weighted by Crippen LogP contribution is -2.59. The average Bonchev–Trinajstić information content (AvgIpc) is 2.31. The average molecular weight is 142 g/mol. The molecule has 0 amide bonds. The molecular formula is C7H14N2O. The minimum atomic E-state index is 0.431. The predicted octanol–water partition coefficient (Wildman–Crippen LogP) is -0.582. The molecule has 3 heteroatoms. The lowest BCUT2D eigenvalue weighted by atomic mass is 10.1. The summed E-state index contributed by atoms with van der Waals surface area (Å²) in [4.78, 5) is 2.41. The van der Waals surface area contributed by atoms with Crippen molar-refractivity contribution in [3.8, 4) is 0 Å². The minimum Gasteiger partial charge on any atom is -0.380 e. The highest BCUT2D eigenvalue weighted by atomic mass is 16.5. The van der Waals surface area contributed by atoms with Crippen molar-refractivity contribution in [3.05, 3.63) is 0 Å². The summed E-state index contributed by atoms with van der Waals surface area (Å²) in [7, 11) is 0. The third kappa shape index (κ3) is 1.05.